The van der Waals surface area contributed by atoms with E-state index in [4.69, 9.17) is 44.3 Å². The molecule has 6 nitrogen and oxygen atoms in total. The van der Waals surface area contributed by atoms with Gasteiger partial charge in [0.1, 0.15) is 11.5 Å². The number of hydrogen-bond acceptors (Lipinski definition) is 5. The molecule has 164 valence electrons. The first kappa shape index (κ1) is 23.6. The minimum absolute atomic E-state index is 0.205. The molecule has 0 spiro atoms. The van der Waals surface area contributed by atoms with Crippen molar-refractivity contribution in [2.45, 2.75) is 13.0 Å². The summed E-state index contributed by atoms with van der Waals surface area (Å²) in [7, 11) is 0. The molecule has 0 aliphatic heterocycles. The van der Waals surface area contributed by atoms with E-state index in [1.54, 1.807) is 61.5 Å². The van der Waals surface area contributed by atoms with Gasteiger partial charge in [0.05, 0.1) is 16.8 Å². The van der Waals surface area contributed by atoms with E-state index < -0.39 is 18.0 Å². The molecule has 3 aromatic rings. The van der Waals surface area contributed by atoms with Crippen LogP contribution in [0.15, 0.2) is 71.8 Å². The molecule has 0 radical (unpaired) electrons. The summed E-state index contributed by atoms with van der Waals surface area (Å²) in [5.74, 6) is -0.171. The van der Waals surface area contributed by atoms with Crippen molar-refractivity contribution in [1.82, 2.24) is 5.43 Å². The fourth-order valence-corrected chi connectivity index (χ4v) is 3.08. The second-order valence-electron chi connectivity index (χ2n) is 6.53. The first-order chi connectivity index (χ1) is 15.3. The van der Waals surface area contributed by atoms with Crippen LogP contribution in [0.1, 0.15) is 22.8 Å². The molecule has 0 bridgehead atoms. The number of halogens is 3. The zero-order valence-electron chi connectivity index (χ0n) is 16.7. The van der Waals surface area contributed by atoms with Gasteiger partial charge in [0.15, 0.2) is 6.10 Å². The van der Waals surface area contributed by atoms with Crippen molar-refractivity contribution in [3.8, 4) is 11.5 Å². The Morgan fingerprint density at radius 3 is 2.19 bits per heavy atom. The van der Waals surface area contributed by atoms with Gasteiger partial charge in [-0.25, -0.2) is 10.2 Å². The van der Waals surface area contributed by atoms with Gasteiger partial charge in [0, 0.05) is 10.0 Å². The van der Waals surface area contributed by atoms with Crippen molar-refractivity contribution >= 4 is 52.9 Å². The summed E-state index contributed by atoms with van der Waals surface area (Å²) in [6, 6.07) is 17.7. The van der Waals surface area contributed by atoms with Gasteiger partial charge in [-0.1, -0.05) is 34.8 Å². The van der Waals surface area contributed by atoms with E-state index in [0.29, 0.717) is 27.1 Å². The van der Waals surface area contributed by atoms with Crippen LogP contribution in [0.2, 0.25) is 15.1 Å². The Kier molecular flexibility index (Phi) is 8.11. The molecule has 0 saturated heterocycles. The molecular formula is C23H17Cl3N2O4. The molecule has 0 saturated carbocycles. The Hall–Kier alpha value is -3.06. The molecule has 0 heterocycles. The lowest BCUT2D eigenvalue weighted by molar-refractivity contribution is -0.127. The molecule has 0 aromatic heterocycles. The monoisotopic (exact) mass is 490 g/mol. The van der Waals surface area contributed by atoms with Crippen molar-refractivity contribution in [3.63, 3.8) is 0 Å². The van der Waals surface area contributed by atoms with Gasteiger partial charge < -0.3 is 9.47 Å². The highest BCUT2D eigenvalue weighted by Crippen LogP contribution is 2.23. The average Bonchev–Trinajstić information content (AvgIpc) is 2.76. The van der Waals surface area contributed by atoms with Crippen molar-refractivity contribution in [2.75, 3.05) is 0 Å². The first-order valence-corrected chi connectivity index (χ1v) is 10.5. The third kappa shape index (κ3) is 6.72. The topological polar surface area (TPSA) is 77.0 Å². The third-order valence-electron chi connectivity index (χ3n) is 4.13. The van der Waals surface area contributed by atoms with Crippen LogP contribution in [-0.4, -0.2) is 24.2 Å². The zero-order valence-corrected chi connectivity index (χ0v) is 19.0. The Bertz CT molecular complexity index is 1130. The minimum atomic E-state index is -0.755. The van der Waals surface area contributed by atoms with Crippen molar-refractivity contribution in [2.24, 2.45) is 5.10 Å². The highest BCUT2D eigenvalue weighted by Gasteiger charge is 2.14. The van der Waals surface area contributed by atoms with Gasteiger partial charge in [-0.15, -0.1) is 0 Å². The number of esters is 1. The van der Waals surface area contributed by atoms with E-state index >= 15 is 0 Å². The largest absolute Gasteiger partial charge is 0.481 e. The fourth-order valence-electron chi connectivity index (χ4n) is 2.47. The second kappa shape index (κ2) is 11.0. The van der Waals surface area contributed by atoms with Gasteiger partial charge >= 0.3 is 5.97 Å². The summed E-state index contributed by atoms with van der Waals surface area (Å²) in [6.45, 7) is 1.61. The van der Waals surface area contributed by atoms with Crippen molar-refractivity contribution < 1.29 is 19.1 Å². The number of nitrogens with one attached hydrogen (secondary N) is 1. The van der Waals surface area contributed by atoms with Crippen LogP contribution >= 0.6 is 34.8 Å². The number of rotatable bonds is 7. The van der Waals surface area contributed by atoms with Gasteiger partial charge in [-0.3, -0.25) is 4.79 Å². The van der Waals surface area contributed by atoms with E-state index in [2.05, 4.69) is 10.5 Å². The molecule has 1 amide bonds. The van der Waals surface area contributed by atoms with E-state index in [-0.39, 0.29) is 10.6 Å². The summed E-state index contributed by atoms with van der Waals surface area (Å²) in [5.41, 5.74) is 3.30. The van der Waals surface area contributed by atoms with Crippen LogP contribution in [0.3, 0.4) is 0 Å². The summed E-state index contributed by atoms with van der Waals surface area (Å²) < 4.78 is 10.8. The number of hydrazone groups is 1. The van der Waals surface area contributed by atoms with Crippen LogP contribution in [0, 0.1) is 0 Å². The Morgan fingerprint density at radius 1 is 0.906 bits per heavy atom. The molecular weight excluding hydrogens is 475 g/mol. The minimum Gasteiger partial charge on any atom is -0.481 e. The van der Waals surface area contributed by atoms with Crippen LogP contribution in [0.5, 0.6) is 11.5 Å². The van der Waals surface area contributed by atoms with Crippen LogP contribution in [0.4, 0.5) is 0 Å². The number of carbonyl (C=O) groups excluding carboxylic acids is 2. The maximum atomic E-state index is 12.2. The van der Waals surface area contributed by atoms with Crippen molar-refractivity contribution in [3.05, 3.63) is 92.9 Å². The van der Waals surface area contributed by atoms with Gasteiger partial charge in [0.25, 0.3) is 5.91 Å². The van der Waals surface area contributed by atoms with Crippen LogP contribution in [-0.2, 0) is 4.79 Å². The number of carbonyl (C=O) groups is 2. The second-order valence-corrected chi connectivity index (χ2v) is 7.81. The Balaban J connectivity index is 1.51. The predicted molar refractivity (Wildman–Crippen MR) is 125 cm³/mol. The van der Waals surface area contributed by atoms with Crippen LogP contribution in [0.25, 0.3) is 0 Å². The summed E-state index contributed by atoms with van der Waals surface area (Å²) >= 11 is 17.7. The molecule has 1 N–H and O–H groups in total. The average molecular weight is 492 g/mol. The molecule has 3 aromatic carbocycles. The molecule has 9 heteroatoms. The van der Waals surface area contributed by atoms with Crippen LogP contribution < -0.4 is 14.9 Å². The predicted octanol–water partition coefficient (Wildman–Crippen LogP) is 5.78. The van der Waals surface area contributed by atoms with E-state index in [1.807, 2.05) is 0 Å². The first-order valence-electron chi connectivity index (χ1n) is 9.34. The SMILES string of the molecule is CC(Oc1ccc(Cl)cc1)C(=O)NN=Cc1ccc(OC(=O)c2ccc(Cl)cc2Cl)cc1. The highest BCUT2D eigenvalue weighted by atomic mass is 35.5. The molecule has 32 heavy (non-hydrogen) atoms. The third-order valence-corrected chi connectivity index (χ3v) is 4.93. The normalized spacial score (nSPS) is 11.8. The quantitative estimate of drug-likeness (QED) is 0.197. The molecule has 0 fully saturated rings. The lowest BCUT2D eigenvalue weighted by atomic mass is 10.2. The molecule has 1 unspecified atom stereocenters. The Morgan fingerprint density at radius 2 is 1.53 bits per heavy atom. The van der Waals surface area contributed by atoms with E-state index in [1.165, 1.54) is 18.3 Å². The van der Waals surface area contributed by atoms with E-state index in [0.717, 1.165) is 0 Å². The van der Waals surface area contributed by atoms with Gasteiger partial charge in [0.2, 0.25) is 0 Å². The summed E-state index contributed by atoms with van der Waals surface area (Å²) in [6.07, 6.45) is 0.698. The lowest BCUT2D eigenvalue weighted by Crippen LogP contribution is -2.33. The zero-order chi connectivity index (χ0) is 23.1. The van der Waals surface area contributed by atoms with Gasteiger partial charge in [-0.2, -0.15) is 5.10 Å². The fraction of sp³-hybridized carbons (Fsp3) is 0.0870. The maximum Gasteiger partial charge on any atom is 0.345 e. The van der Waals surface area contributed by atoms with Crippen molar-refractivity contribution in [1.29, 1.82) is 0 Å². The number of ether oxygens (including phenoxy) is 2. The number of benzene rings is 3. The summed E-state index contributed by atoms with van der Waals surface area (Å²) in [4.78, 5) is 24.4. The standard InChI is InChI=1S/C23H17Cl3N2O4/c1-14(31-18-9-4-16(24)5-10-18)22(29)28-27-13-15-2-7-19(8-3-15)32-23(30)20-11-6-17(25)12-21(20)26/h2-14H,1H3,(H,28,29). The number of nitrogens with zero attached hydrogens (tertiary/aromatic N) is 1. The smallest absolute Gasteiger partial charge is 0.345 e. The molecule has 0 aliphatic rings. The molecule has 0 aliphatic carbocycles. The Labute approximate surface area is 199 Å². The maximum absolute atomic E-state index is 12.2. The number of hydrogen-bond donors (Lipinski definition) is 1. The molecule has 3 rings (SSSR count). The number of amides is 1. The highest BCUT2D eigenvalue weighted by molar-refractivity contribution is 6.36. The van der Waals surface area contributed by atoms with E-state index in [9.17, 15) is 9.59 Å². The van der Waals surface area contributed by atoms with Gasteiger partial charge in [-0.05, 0) is 79.2 Å². The molecule has 1 atom stereocenters. The lowest BCUT2D eigenvalue weighted by Gasteiger charge is -2.12. The summed E-state index contributed by atoms with van der Waals surface area (Å²) in [5, 5.41) is 5.12.